The number of nitrogens with one attached hydrogen (secondary N) is 1. The van der Waals surface area contributed by atoms with Gasteiger partial charge in [0.05, 0.1) is 13.0 Å². The number of carbonyl (C=O) groups excluding carboxylic acids is 1. The highest BCUT2D eigenvalue weighted by molar-refractivity contribution is 5.73. The Morgan fingerprint density at radius 3 is 2.72 bits per heavy atom. The summed E-state index contributed by atoms with van der Waals surface area (Å²) >= 11 is 0. The molecule has 1 aliphatic rings. The molecule has 0 saturated carbocycles. The van der Waals surface area contributed by atoms with Gasteiger partial charge in [0.1, 0.15) is 0 Å². The lowest BCUT2D eigenvalue weighted by Gasteiger charge is -2.35. The molecule has 0 aromatic carbocycles. The van der Waals surface area contributed by atoms with Gasteiger partial charge in [0.15, 0.2) is 0 Å². The van der Waals surface area contributed by atoms with E-state index in [4.69, 9.17) is 10.2 Å². The Bertz CT molecular complexity index is 297. The molecular formula is C11H20N2O5. The van der Waals surface area contributed by atoms with Gasteiger partial charge in [-0.15, -0.1) is 0 Å². The van der Waals surface area contributed by atoms with Gasteiger partial charge in [0.25, 0.3) is 0 Å². The molecule has 1 saturated heterocycles. The topological polar surface area (TPSA) is 99.1 Å². The number of likely N-dealkylation sites (tertiary alicyclic amines) is 1. The van der Waals surface area contributed by atoms with Gasteiger partial charge < -0.3 is 25.2 Å². The van der Waals surface area contributed by atoms with Crippen LogP contribution in [0.3, 0.4) is 0 Å². The van der Waals surface area contributed by atoms with E-state index in [9.17, 15) is 9.59 Å². The number of aliphatic hydroxyl groups excluding tert-OH is 1. The molecule has 3 N–H and O–H groups in total. The molecule has 2 atom stereocenters. The number of carboxylic acids is 1. The van der Waals surface area contributed by atoms with Gasteiger partial charge in [-0.25, -0.2) is 4.79 Å². The van der Waals surface area contributed by atoms with Crippen LogP contribution in [0.2, 0.25) is 0 Å². The van der Waals surface area contributed by atoms with E-state index in [2.05, 4.69) is 10.1 Å². The van der Waals surface area contributed by atoms with E-state index in [1.54, 1.807) is 0 Å². The number of aliphatic hydroxyl groups is 1. The van der Waals surface area contributed by atoms with E-state index in [1.165, 1.54) is 12.0 Å². The number of carbonyl (C=O) groups is 2. The molecule has 0 spiro atoms. The molecule has 1 fully saturated rings. The second-order valence-electron chi connectivity index (χ2n) is 4.37. The highest BCUT2D eigenvalue weighted by Gasteiger charge is 2.33. The van der Waals surface area contributed by atoms with E-state index < -0.39 is 18.0 Å². The Hall–Kier alpha value is -1.34. The van der Waals surface area contributed by atoms with Gasteiger partial charge in [0.2, 0.25) is 0 Å². The Balaban J connectivity index is 2.56. The van der Waals surface area contributed by atoms with Crippen LogP contribution in [-0.2, 0) is 9.53 Å². The molecule has 1 rings (SSSR count). The van der Waals surface area contributed by atoms with E-state index >= 15 is 0 Å². The molecule has 1 amide bonds. The summed E-state index contributed by atoms with van der Waals surface area (Å²) in [7, 11) is 1.28. The number of hydrogen-bond donors (Lipinski definition) is 3. The van der Waals surface area contributed by atoms with Crippen molar-refractivity contribution >= 4 is 12.1 Å². The molecule has 104 valence electrons. The van der Waals surface area contributed by atoms with Gasteiger partial charge in [0, 0.05) is 25.7 Å². The van der Waals surface area contributed by atoms with Crippen molar-refractivity contribution in [3.05, 3.63) is 0 Å². The third-order valence-corrected chi connectivity index (χ3v) is 3.00. The first-order valence-corrected chi connectivity index (χ1v) is 5.98. The van der Waals surface area contributed by atoms with Gasteiger partial charge in [-0.05, 0) is 19.4 Å². The fourth-order valence-electron chi connectivity index (χ4n) is 2.09. The van der Waals surface area contributed by atoms with Crippen LogP contribution < -0.4 is 5.32 Å². The molecule has 0 radical (unpaired) electrons. The minimum absolute atomic E-state index is 0.0782. The van der Waals surface area contributed by atoms with Crippen molar-refractivity contribution in [1.29, 1.82) is 0 Å². The van der Waals surface area contributed by atoms with E-state index in [0.29, 0.717) is 25.9 Å². The summed E-state index contributed by atoms with van der Waals surface area (Å²) in [5.74, 6) is -1.48. The number of rotatable bonds is 5. The molecule has 0 bridgehead atoms. The third kappa shape index (κ3) is 4.15. The predicted molar refractivity (Wildman–Crippen MR) is 63.2 cm³/mol. The minimum Gasteiger partial charge on any atom is -0.481 e. The van der Waals surface area contributed by atoms with Gasteiger partial charge in [-0.1, -0.05) is 0 Å². The highest BCUT2D eigenvalue weighted by atomic mass is 16.5. The highest BCUT2D eigenvalue weighted by Crippen LogP contribution is 2.18. The third-order valence-electron chi connectivity index (χ3n) is 3.00. The standard InChI is InChI=1S/C11H20N2O5/c1-18-11(17)13-6-8(10(15)16)5-9(7-13)12-3-2-4-14/h8-9,12,14H,2-7H2,1H3,(H,15,16). The monoisotopic (exact) mass is 260 g/mol. The van der Waals surface area contributed by atoms with E-state index in [-0.39, 0.29) is 19.2 Å². The molecule has 0 aromatic rings. The molecule has 7 nitrogen and oxygen atoms in total. The summed E-state index contributed by atoms with van der Waals surface area (Å²) in [6.07, 6.45) is 0.579. The van der Waals surface area contributed by atoms with Crippen molar-refractivity contribution in [1.82, 2.24) is 10.2 Å². The summed E-state index contributed by atoms with van der Waals surface area (Å²) in [4.78, 5) is 23.9. The number of carboxylic acid groups (broad SMARTS) is 1. The first-order chi connectivity index (χ1) is 8.58. The molecule has 1 aliphatic heterocycles. The number of ether oxygens (including phenoxy) is 1. The number of hydrogen-bond acceptors (Lipinski definition) is 5. The quantitative estimate of drug-likeness (QED) is 0.576. The lowest BCUT2D eigenvalue weighted by atomic mass is 9.94. The second kappa shape index (κ2) is 7.17. The molecular weight excluding hydrogens is 240 g/mol. The Kier molecular flexibility index (Phi) is 5.87. The lowest BCUT2D eigenvalue weighted by Crippen LogP contribution is -2.53. The Morgan fingerprint density at radius 1 is 1.44 bits per heavy atom. The minimum atomic E-state index is -0.905. The lowest BCUT2D eigenvalue weighted by molar-refractivity contribution is -0.143. The van der Waals surface area contributed by atoms with Crippen molar-refractivity contribution < 1.29 is 24.5 Å². The van der Waals surface area contributed by atoms with Crippen molar-refractivity contribution in [3.63, 3.8) is 0 Å². The van der Waals surface area contributed by atoms with Crippen LogP contribution in [0.15, 0.2) is 0 Å². The molecule has 1 heterocycles. The first-order valence-electron chi connectivity index (χ1n) is 5.98. The average Bonchev–Trinajstić information content (AvgIpc) is 2.37. The maximum absolute atomic E-state index is 11.5. The Morgan fingerprint density at radius 2 is 2.17 bits per heavy atom. The summed E-state index contributed by atoms with van der Waals surface area (Å²) in [6, 6.07) is -0.0782. The Labute approximate surface area is 106 Å². The zero-order valence-electron chi connectivity index (χ0n) is 10.5. The van der Waals surface area contributed by atoms with Crippen LogP contribution in [0.5, 0.6) is 0 Å². The summed E-state index contributed by atoms with van der Waals surface area (Å²) in [5, 5.41) is 20.9. The molecule has 7 heteroatoms. The summed E-state index contributed by atoms with van der Waals surface area (Å²) in [6.45, 7) is 1.30. The fraction of sp³-hybridized carbons (Fsp3) is 0.818. The van der Waals surface area contributed by atoms with Crippen LogP contribution >= 0.6 is 0 Å². The average molecular weight is 260 g/mol. The maximum Gasteiger partial charge on any atom is 0.409 e. The molecule has 0 aromatic heterocycles. The summed E-state index contributed by atoms with van der Waals surface area (Å²) < 4.78 is 4.62. The number of nitrogens with zero attached hydrogens (tertiary/aromatic N) is 1. The van der Waals surface area contributed by atoms with Gasteiger partial charge in [-0.2, -0.15) is 0 Å². The fourth-order valence-corrected chi connectivity index (χ4v) is 2.09. The summed E-state index contributed by atoms with van der Waals surface area (Å²) in [5.41, 5.74) is 0. The van der Waals surface area contributed by atoms with Crippen molar-refractivity contribution in [3.8, 4) is 0 Å². The second-order valence-corrected chi connectivity index (χ2v) is 4.37. The van der Waals surface area contributed by atoms with E-state index in [1.807, 2.05) is 0 Å². The predicted octanol–water partition coefficient (Wildman–Crippen LogP) is -0.500. The zero-order chi connectivity index (χ0) is 13.5. The first kappa shape index (κ1) is 14.7. The number of methoxy groups -OCH3 is 1. The number of amides is 1. The van der Waals surface area contributed by atoms with Crippen LogP contribution in [0.25, 0.3) is 0 Å². The molecule has 18 heavy (non-hydrogen) atoms. The van der Waals surface area contributed by atoms with Gasteiger partial charge in [-0.3, -0.25) is 4.79 Å². The smallest absolute Gasteiger partial charge is 0.409 e. The van der Waals surface area contributed by atoms with Crippen LogP contribution in [0.4, 0.5) is 4.79 Å². The van der Waals surface area contributed by atoms with Crippen LogP contribution in [0.1, 0.15) is 12.8 Å². The zero-order valence-corrected chi connectivity index (χ0v) is 10.5. The maximum atomic E-state index is 11.5. The van der Waals surface area contributed by atoms with Crippen LogP contribution in [0, 0.1) is 5.92 Å². The number of aliphatic carboxylic acids is 1. The largest absolute Gasteiger partial charge is 0.481 e. The normalized spacial score (nSPS) is 23.8. The SMILES string of the molecule is COC(=O)N1CC(NCCCO)CC(C(=O)O)C1. The molecule has 0 aliphatic carbocycles. The van der Waals surface area contributed by atoms with E-state index in [0.717, 1.165) is 0 Å². The van der Waals surface area contributed by atoms with Crippen LogP contribution in [-0.4, -0.2) is 66.6 Å². The van der Waals surface area contributed by atoms with Crippen molar-refractivity contribution in [2.45, 2.75) is 18.9 Å². The van der Waals surface area contributed by atoms with Crippen molar-refractivity contribution in [2.24, 2.45) is 5.92 Å². The van der Waals surface area contributed by atoms with Gasteiger partial charge >= 0.3 is 12.1 Å². The number of piperidine rings is 1. The molecule has 2 unspecified atom stereocenters. The van der Waals surface area contributed by atoms with Crippen molar-refractivity contribution in [2.75, 3.05) is 33.4 Å².